The molecule has 0 aliphatic rings. The quantitative estimate of drug-likeness (QED) is 0.774. The molecule has 1 aromatic rings. The van der Waals surface area contributed by atoms with Crippen molar-refractivity contribution in [3.63, 3.8) is 0 Å². The van der Waals surface area contributed by atoms with E-state index >= 15 is 0 Å². The van der Waals surface area contributed by atoms with Gasteiger partial charge >= 0.3 is 0 Å². The summed E-state index contributed by atoms with van der Waals surface area (Å²) in [5.41, 5.74) is 0.0759. The predicted octanol–water partition coefficient (Wildman–Crippen LogP) is 3.68. The Balaban J connectivity index is 3.01. The Labute approximate surface area is 114 Å². The number of alkyl halides is 1. The van der Waals surface area contributed by atoms with Gasteiger partial charge in [-0.3, -0.25) is 4.79 Å². The van der Waals surface area contributed by atoms with Crippen molar-refractivity contribution in [3.8, 4) is 0 Å². The summed E-state index contributed by atoms with van der Waals surface area (Å²) >= 11 is 8.80. The lowest BCUT2D eigenvalue weighted by molar-refractivity contribution is 0.0713. The van der Waals surface area contributed by atoms with Crippen molar-refractivity contribution in [2.75, 3.05) is 12.4 Å². The summed E-state index contributed by atoms with van der Waals surface area (Å²) in [6.07, 6.45) is 0. The monoisotopic (exact) mass is 321 g/mol. The molecule has 0 unspecified atom stereocenters. The van der Waals surface area contributed by atoms with Crippen LogP contribution in [0.4, 0.5) is 4.39 Å². The van der Waals surface area contributed by atoms with Gasteiger partial charge in [0.05, 0.1) is 5.56 Å². The van der Waals surface area contributed by atoms with Crippen LogP contribution in [0.5, 0.6) is 0 Å². The molecule has 1 aromatic carbocycles. The van der Waals surface area contributed by atoms with E-state index in [4.69, 9.17) is 11.6 Å². The predicted molar refractivity (Wildman–Crippen MR) is 71.0 cm³/mol. The van der Waals surface area contributed by atoms with E-state index in [1.54, 1.807) is 11.0 Å². The molecule has 1 amide bonds. The largest absolute Gasteiger partial charge is 0.335 e. The number of carbonyl (C=O) groups is 1. The van der Waals surface area contributed by atoms with E-state index in [0.717, 1.165) is 0 Å². The molecule has 0 fully saturated rings. The van der Waals surface area contributed by atoms with Gasteiger partial charge in [-0.25, -0.2) is 4.39 Å². The van der Waals surface area contributed by atoms with E-state index in [1.807, 2.05) is 13.8 Å². The molecule has 5 heteroatoms. The second-order valence-electron chi connectivity index (χ2n) is 3.91. The number of carbonyl (C=O) groups excluding carboxylic acids is 1. The molecule has 0 aliphatic heterocycles. The normalized spacial score (nSPS) is 10.7. The van der Waals surface area contributed by atoms with Crippen LogP contribution in [0.1, 0.15) is 24.2 Å². The lowest BCUT2D eigenvalue weighted by atomic mass is 10.1. The van der Waals surface area contributed by atoms with E-state index in [9.17, 15) is 9.18 Å². The van der Waals surface area contributed by atoms with E-state index in [2.05, 4.69) is 15.9 Å². The van der Waals surface area contributed by atoms with Crippen LogP contribution in [0.3, 0.4) is 0 Å². The minimum atomic E-state index is -0.524. The van der Waals surface area contributed by atoms with Crippen molar-refractivity contribution in [1.82, 2.24) is 4.90 Å². The van der Waals surface area contributed by atoms with Crippen LogP contribution in [-0.4, -0.2) is 29.3 Å². The van der Waals surface area contributed by atoms with Gasteiger partial charge in [0, 0.05) is 22.9 Å². The fourth-order valence-corrected chi connectivity index (χ4v) is 2.02. The maximum absolute atomic E-state index is 13.7. The summed E-state index contributed by atoms with van der Waals surface area (Å²) in [4.78, 5) is 13.7. The molecule has 2 nitrogen and oxygen atoms in total. The molecule has 1 rings (SSSR count). The maximum atomic E-state index is 13.7. The Hall–Kier alpha value is -0.610. The molecule has 0 N–H and O–H groups in total. The molecular weight excluding hydrogens is 308 g/mol. The molecule has 0 aromatic heterocycles. The average Bonchev–Trinajstić information content (AvgIpc) is 2.24. The summed E-state index contributed by atoms with van der Waals surface area (Å²) in [6.45, 7) is 4.16. The number of halogens is 3. The maximum Gasteiger partial charge on any atom is 0.257 e. The Morgan fingerprint density at radius 1 is 1.53 bits per heavy atom. The summed E-state index contributed by atoms with van der Waals surface area (Å²) < 4.78 is 14.3. The molecule has 94 valence electrons. The second-order valence-corrected chi connectivity index (χ2v) is 5.20. The highest BCUT2D eigenvalue weighted by Crippen LogP contribution is 2.17. The van der Waals surface area contributed by atoms with Gasteiger partial charge in [0.25, 0.3) is 5.91 Å². The molecule has 0 aliphatic carbocycles. The zero-order valence-corrected chi connectivity index (χ0v) is 12.1. The lowest BCUT2D eigenvalue weighted by Crippen LogP contribution is -2.38. The van der Waals surface area contributed by atoms with Crippen LogP contribution in [0.25, 0.3) is 0 Å². The smallest absolute Gasteiger partial charge is 0.257 e. The molecule has 0 saturated heterocycles. The third-order valence-corrected chi connectivity index (χ3v) is 3.03. The average molecular weight is 323 g/mol. The second kappa shape index (κ2) is 6.36. The number of rotatable bonds is 4. The summed E-state index contributed by atoms with van der Waals surface area (Å²) in [5.74, 6) is -0.516. The van der Waals surface area contributed by atoms with Crippen LogP contribution >= 0.6 is 27.5 Å². The Kier molecular flexibility index (Phi) is 5.40. The molecule has 0 bridgehead atoms. The molecule has 0 atom stereocenters. The fraction of sp³-hybridized carbons (Fsp3) is 0.417. The molecule has 0 saturated carbocycles. The fourth-order valence-electron chi connectivity index (χ4n) is 1.50. The highest BCUT2D eigenvalue weighted by Gasteiger charge is 2.21. The Bertz CT molecular complexity index is 411. The van der Waals surface area contributed by atoms with Crippen molar-refractivity contribution in [3.05, 3.63) is 34.1 Å². The summed E-state index contributed by atoms with van der Waals surface area (Å²) in [6, 6.07) is 4.40. The molecule has 0 radical (unpaired) electrons. The molecule has 0 spiro atoms. The highest BCUT2D eigenvalue weighted by molar-refractivity contribution is 9.10. The van der Waals surface area contributed by atoms with Crippen LogP contribution in [-0.2, 0) is 0 Å². The topological polar surface area (TPSA) is 20.3 Å². The Morgan fingerprint density at radius 3 is 2.65 bits per heavy atom. The Morgan fingerprint density at radius 2 is 2.18 bits per heavy atom. The van der Waals surface area contributed by atoms with Crippen LogP contribution < -0.4 is 0 Å². The SMILES string of the molecule is CC(C)N(CCCl)C(=O)c1ccc(Br)cc1F. The lowest BCUT2D eigenvalue weighted by Gasteiger charge is -2.26. The van der Waals surface area contributed by atoms with Crippen molar-refractivity contribution < 1.29 is 9.18 Å². The van der Waals surface area contributed by atoms with Crippen LogP contribution in [0, 0.1) is 5.82 Å². The van der Waals surface area contributed by atoms with Gasteiger partial charge in [-0.1, -0.05) is 15.9 Å². The zero-order chi connectivity index (χ0) is 13.0. The number of benzene rings is 1. The summed E-state index contributed by atoms with van der Waals surface area (Å²) in [5, 5.41) is 0. The van der Waals surface area contributed by atoms with E-state index in [0.29, 0.717) is 16.9 Å². The summed E-state index contributed by atoms with van der Waals surface area (Å²) in [7, 11) is 0. The van der Waals surface area contributed by atoms with Crippen molar-refractivity contribution in [1.29, 1.82) is 0 Å². The zero-order valence-electron chi connectivity index (χ0n) is 9.71. The van der Waals surface area contributed by atoms with Gasteiger partial charge < -0.3 is 4.90 Å². The van der Waals surface area contributed by atoms with Gasteiger partial charge in [0.1, 0.15) is 5.82 Å². The number of nitrogens with zero attached hydrogens (tertiary/aromatic N) is 1. The first kappa shape index (κ1) is 14.5. The third kappa shape index (κ3) is 3.68. The standard InChI is InChI=1S/C12H14BrClFNO/c1-8(2)16(6-5-14)12(17)10-4-3-9(13)7-11(10)15/h3-4,7-8H,5-6H2,1-2H3. The van der Waals surface area contributed by atoms with E-state index < -0.39 is 5.82 Å². The van der Waals surface area contributed by atoms with Gasteiger partial charge in [-0.2, -0.15) is 0 Å². The highest BCUT2D eigenvalue weighted by atomic mass is 79.9. The number of amides is 1. The first-order chi connectivity index (χ1) is 7.97. The van der Waals surface area contributed by atoms with Crippen molar-refractivity contribution in [2.24, 2.45) is 0 Å². The molecular formula is C12H14BrClFNO. The van der Waals surface area contributed by atoms with Gasteiger partial charge in [0.15, 0.2) is 0 Å². The minimum absolute atomic E-state index is 0.00991. The third-order valence-electron chi connectivity index (χ3n) is 2.37. The van der Waals surface area contributed by atoms with E-state index in [-0.39, 0.29) is 17.5 Å². The first-order valence-corrected chi connectivity index (χ1v) is 6.62. The molecule has 17 heavy (non-hydrogen) atoms. The van der Waals surface area contributed by atoms with Crippen molar-refractivity contribution in [2.45, 2.75) is 19.9 Å². The number of hydrogen-bond acceptors (Lipinski definition) is 1. The first-order valence-electron chi connectivity index (χ1n) is 5.29. The molecule has 0 heterocycles. The van der Waals surface area contributed by atoms with Gasteiger partial charge in [-0.15, -0.1) is 11.6 Å². The van der Waals surface area contributed by atoms with Crippen LogP contribution in [0.15, 0.2) is 22.7 Å². The van der Waals surface area contributed by atoms with Gasteiger partial charge in [-0.05, 0) is 32.0 Å². The van der Waals surface area contributed by atoms with Gasteiger partial charge in [0.2, 0.25) is 0 Å². The number of hydrogen-bond donors (Lipinski definition) is 0. The van der Waals surface area contributed by atoms with E-state index in [1.165, 1.54) is 12.1 Å². The van der Waals surface area contributed by atoms with Crippen molar-refractivity contribution >= 4 is 33.4 Å². The van der Waals surface area contributed by atoms with Crippen LogP contribution in [0.2, 0.25) is 0 Å². The minimum Gasteiger partial charge on any atom is -0.335 e.